The van der Waals surface area contributed by atoms with Crippen molar-refractivity contribution < 1.29 is 27.8 Å². The maximum absolute atomic E-state index is 14.2. The van der Waals surface area contributed by atoms with Crippen LogP contribution in [0.15, 0.2) is 48.7 Å². The molecule has 38 heavy (non-hydrogen) atoms. The first-order chi connectivity index (χ1) is 17.9. The number of rotatable bonds is 10. The number of halogens is 3. The first-order valence-electron chi connectivity index (χ1n) is 12.5. The minimum atomic E-state index is -4.70. The largest absolute Gasteiger partial charge is 0.491 e. The molecule has 1 unspecified atom stereocenters. The lowest BCUT2D eigenvalue weighted by Crippen LogP contribution is -2.54. The molecule has 0 fully saturated rings. The summed E-state index contributed by atoms with van der Waals surface area (Å²) < 4.78 is 48.4. The van der Waals surface area contributed by atoms with Gasteiger partial charge in [-0.2, -0.15) is 18.4 Å². The van der Waals surface area contributed by atoms with Gasteiger partial charge < -0.3 is 9.84 Å². The molecule has 0 spiro atoms. The molecular formula is C29H32F3N3O3. The number of hydrogen-bond donors (Lipinski definition) is 1. The number of aromatic nitrogens is 1. The summed E-state index contributed by atoms with van der Waals surface area (Å²) in [6.45, 7) is 7.59. The van der Waals surface area contributed by atoms with E-state index in [1.165, 1.54) is 17.2 Å². The van der Waals surface area contributed by atoms with Crippen LogP contribution in [0.2, 0.25) is 0 Å². The molecule has 2 aromatic carbocycles. The Hall–Kier alpha value is -3.80. The van der Waals surface area contributed by atoms with Crippen molar-refractivity contribution in [2.24, 2.45) is 5.92 Å². The van der Waals surface area contributed by atoms with Gasteiger partial charge in [-0.25, -0.2) is 4.79 Å². The van der Waals surface area contributed by atoms with E-state index in [9.17, 15) is 23.1 Å². The fourth-order valence-corrected chi connectivity index (χ4v) is 4.79. The van der Waals surface area contributed by atoms with Crippen molar-refractivity contribution in [3.8, 4) is 22.9 Å². The number of carboxylic acid groups (broad SMARTS) is 1. The predicted octanol–water partition coefficient (Wildman–Crippen LogP) is 7.76. The molecule has 1 atom stereocenters. The lowest BCUT2D eigenvalue weighted by Gasteiger charge is -2.40. The zero-order valence-electron chi connectivity index (χ0n) is 22.0. The zero-order chi connectivity index (χ0) is 28.1. The predicted molar refractivity (Wildman–Crippen MR) is 140 cm³/mol. The number of ether oxygens (including phenoxy) is 1. The highest BCUT2D eigenvalue weighted by Gasteiger charge is 2.39. The van der Waals surface area contributed by atoms with Gasteiger partial charge in [-0.15, -0.1) is 0 Å². The number of hydrogen-bond acceptors (Lipinski definition) is 4. The van der Waals surface area contributed by atoms with Crippen LogP contribution in [0, 0.1) is 17.2 Å². The molecule has 0 saturated carbocycles. The highest BCUT2D eigenvalue weighted by molar-refractivity contribution is 5.95. The number of nitriles is 1. The average molecular weight is 528 g/mol. The Morgan fingerprint density at radius 3 is 2.53 bits per heavy atom. The Morgan fingerprint density at radius 1 is 1.18 bits per heavy atom. The second kappa shape index (κ2) is 11.7. The summed E-state index contributed by atoms with van der Waals surface area (Å²) in [7, 11) is 0. The third-order valence-corrected chi connectivity index (χ3v) is 6.47. The number of alkyl halides is 3. The van der Waals surface area contributed by atoms with E-state index in [0.717, 1.165) is 12.5 Å². The van der Waals surface area contributed by atoms with Crippen molar-refractivity contribution in [3.05, 3.63) is 59.8 Å². The van der Waals surface area contributed by atoms with Crippen LogP contribution >= 0.6 is 0 Å². The van der Waals surface area contributed by atoms with Gasteiger partial charge in [0.25, 0.3) is 0 Å². The second-order valence-electron chi connectivity index (χ2n) is 10.1. The Kier molecular flexibility index (Phi) is 8.87. The van der Waals surface area contributed by atoms with Gasteiger partial charge in [0, 0.05) is 18.1 Å². The normalized spacial score (nSPS) is 13.2. The zero-order valence-corrected chi connectivity index (χ0v) is 22.0. The van der Waals surface area contributed by atoms with E-state index in [4.69, 9.17) is 10.00 Å². The third-order valence-electron chi connectivity index (χ3n) is 6.47. The topological polar surface area (TPSA) is 86.5 Å². The Balaban J connectivity index is 2.02. The van der Waals surface area contributed by atoms with Gasteiger partial charge in [0.2, 0.25) is 0 Å². The number of benzene rings is 2. The van der Waals surface area contributed by atoms with Gasteiger partial charge in [-0.3, -0.25) is 9.88 Å². The van der Waals surface area contributed by atoms with Crippen molar-refractivity contribution in [2.75, 3.05) is 13.2 Å². The van der Waals surface area contributed by atoms with Crippen LogP contribution < -0.4 is 4.74 Å². The quantitative estimate of drug-likeness (QED) is 0.291. The molecule has 0 bridgehead atoms. The molecule has 3 rings (SSSR count). The molecule has 0 aliphatic rings. The van der Waals surface area contributed by atoms with Crippen molar-refractivity contribution >= 4 is 17.0 Å². The average Bonchev–Trinajstić information content (AvgIpc) is 2.85. The monoisotopic (exact) mass is 527 g/mol. The summed E-state index contributed by atoms with van der Waals surface area (Å²) in [6, 6.07) is 12.4. The number of amides is 1. The summed E-state index contributed by atoms with van der Waals surface area (Å²) in [5, 5.41) is 19.6. The smallest absolute Gasteiger partial charge is 0.419 e. The van der Waals surface area contributed by atoms with Gasteiger partial charge in [-0.1, -0.05) is 39.3 Å². The van der Waals surface area contributed by atoms with Crippen LogP contribution in [0.5, 0.6) is 5.75 Å². The standard InChI is InChI=1S/C29H32F3N3O3/c1-5-6-13-35(27(36)37)28(4,16-19(2)3)18-38-26-10-8-21(15-24(26)29(30,31)32)22-11-12-34-25-14-20(17-33)7-9-23(22)25/h7-12,14-15,19H,5-6,13,16,18H2,1-4H3,(H,36,37). The molecule has 0 aliphatic heterocycles. The van der Waals surface area contributed by atoms with E-state index in [-0.39, 0.29) is 24.8 Å². The summed E-state index contributed by atoms with van der Waals surface area (Å²) in [5.74, 6) is -0.264. The Bertz CT molecular complexity index is 1330. The summed E-state index contributed by atoms with van der Waals surface area (Å²) in [6.07, 6.45) is -2.49. The van der Waals surface area contributed by atoms with Crippen LogP contribution in [0.3, 0.4) is 0 Å². The summed E-state index contributed by atoms with van der Waals surface area (Å²) in [5.41, 5.74) is -0.201. The van der Waals surface area contributed by atoms with Gasteiger partial charge in [-0.05, 0) is 67.1 Å². The molecule has 0 aliphatic carbocycles. The second-order valence-corrected chi connectivity index (χ2v) is 10.1. The van der Waals surface area contributed by atoms with E-state index in [1.807, 2.05) is 26.8 Å². The van der Waals surface area contributed by atoms with E-state index < -0.39 is 23.4 Å². The number of carbonyl (C=O) groups is 1. The Morgan fingerprint density at radius 2 is 1.92 bits per heavy atom. The molecule has 1 amide bonds. The summed E-state index contributed by atoms with van der Waals surface area (Å²) >= 11 is 0. The fraction of sp³-hybridized carbons (Fsp3) is 0.414. The van der Waals surface area contributed by atoms with Gasteiger partial charge >= 0.3 is 12.3 Å². The molecule has 3 aromatic rings. The number of unbranched alkanes of at least 4 members (excludes halogenated alkanes) is 1. The first kappa shape index (κ1) is 28.8. The van der Waals surface area contributed by atoms with Crippen molar-refractivity contribution in [2.45, 2.75) is 58.7 Å². The van der Waals surface area contributed by atoms with Crippen LogP contribution in [-0.4, -0.2) is 39.8 Å². The SMILES string of the molecule is CCCCN(C(=O)O)C(C)(COc1ccc(-c2ccnc3cc(C#N)ccc23)cc1C(F)(F)F)CC(C)C. The molecule has 0 radical (unpaired) electrons. The van der Waals surface area contributed by atoms with Crippen LogP contribution in [-0.2, 0) is 6.18 Å². The van der Waals surface area contributed by atoms with Crippen LogP contribution in [0.4, 0.5) is 18.0 Å². The van der Waals surface area contributed by atoms with E-state index in [2.05, 4.69) is 4.98 Å². The highest BCUT2D eigenvalue weighted by Crippen LogP contribution is 2.40. The number of fused-ring (bicyclic) bond motifs is 1. The lowest BCUT2D eigenvalue weighted by atomic mass is 9.89. The number of nitrogens with zero attached hydrogens (tertiary/aromatic N) is 3. The minimum absolute atomic E-state index is 0.0954. The van der Waals surface area contributed by atoms with Gasteiger partial charge in [0.15, 0.2) is 0 Å². The van der Waals surface area contributed by atoms with E-state index >= 15 is 0 Å². The highest BCUT2D eigenvalue weighted by atomic mass is 19.4. The van der Waals surface area contributed by atoms with E-state index in [0.29, 0.717) is 40.4 Å². The van der Waals surface area contributed by atoms with Gasteiger partial charge in [0.1, 0.15) is 12.4 Å². The molecule has 6 nitrogen and oxygen atoms in total. The minimum Gasteiger partial charge on any atom is -0.491 e. The van der Waals surface area contributed by atoms with Crippen LogP contribution in [0.25, 0.3) is 22.0 Å². The van der Waals surface area contributed by atoms with E-state index in [1.54, 1.807) is 37.3 Å². The first-order valence-corrected chi connectivity index (χ1v) is 12.5. The molecule has 0 saturated heterocycles. The van der Waals surface area contributed by atoms with Crippen molar-refractivity contribution in [1.82, 2.24) is 9.88 Å². The lowest BCUT2D eigenvalue weighted by molar-refractivity contribution is -0.139. The maximum Gasteiger partial charge on any atom is 0.419 e. The molecule has 1 aromatic heterocycles. The van der Waals surface area contributed by atoms with Crippen LogP contribution in [0.1, 0.15) is 58.1 Å². The van der Waals surface area contributed by atoms with Gasteiger partial charge in [0.05, 0.1) is 28.3 Å². The Labute approximate surface area is 220 Å². The van der Waals surface area contributed by atoms with Crippen molar-refractivity contribution in [1.29, 1.82) is 5.26 Å². The molecule has 202 valence electrons. The molecular weight excluding hydrogens is 495 g/mol. The van der Waals surface area contributed by atoms with Crippen molar-refractivity contribution in [3.63, 3.8) is 0 Å². The molecule has 9 heteroatoms. The fourth-order valence-electron chi connectivity index (χ4n) is 4.79. The maximum atomic E-state index is 14.2. The number of pyridine rings is 1. The molecule has 1 N–H and O–H groups in total. The molecule has 1 heterocycles. The third kappa shape index (κ3) is 6.55. The summed E-state index contributed by atoms with van der Waals surface area (Å²) in [4.78, 5) is 17.6.